The van der Waals surface area contributed by atoms with Gasteiger partial charge in [0.25, 0.3) is 0 Å². The molecule has 3 amide bonds. The predicted molar refractivity (Wildman–Crippen MR) is 68.5 cm³/mol. The summed E-state index contributed by atoms with van der Waals surface area (Å²) in [6.07, 6.45) is -0.298. The van der Waals surface area contributed by atoms with Crippen LogP contribution >= 0.6 is 0 Å². The lowest BCUT2D eigenvalue weighted by Gasteiger charge is -2.35. The fourth-order valence-electron chi connectivity index (χ4n) is 1.71. The van der Waals surface area contributed by atoms with Crippen molar-refractivity contribution in [1.29, 1.82) is 0 Å². The van der Waals surface area contributed by atoms with Gasteiger partial charge in [0.1, 0.15) is 0 Å². The quantitative estimate of drug-likeness (QED) is 0.769. The molecule has 0 spiro atoms. The maximum absolute atomic E-state index is 11.9. The number of hydrogen-bond acceptors (Lipinski definition) is 3. The molecule has 1 aliphatic rings. The van der Waals surface area contributed by atoms with Crippen LogP contribution in [0.1, 0.15) is 27.7 Å². The average molecular weight is 257 g/mol. The van der Waals surface area contributed by atoms with Gasteiger partial charge in [-0.1, -0.05) is 0 Å². The Morgan fingerprint density at radius 1 is 1.11 bits per heavy atom. The molecule has 0 aromatic rings. The van der Waals surface area contributed by atoms with Crippen molar-refractivity contribution in [2.24, 2.45) is 0 Å². The number of nitrogens with zero attached hydrogens (tertiary/aromatic N) is 2. The smallest absolute Gasteiger partial charge is 0.409 e. The van der Waals surface area contributed by atoms with Crippen LogP contribution in [-0.2, 0) is 4.74 Å². The highest BCUT2D eigenvalue weighted by Gasteiger charge is 2.26. The van der Waals surface area contributed by atoms with Crippen molar-refractivity contribution in [3.8, 4) is 0 Å². The minimum absolute atomic E-state index is 0.0778. The Morgan fingerprint density at radius 2 is 1.61 bits per heavy atom. The molecule has 0 bridgehead atoms. The van der Waals surface area contributed by atoms with E-state index < -0.39 is 0 Å². The number of carbonyl (C=O) groups excluding carboxylic acids is 2. The molecule has 0 radical (unpaired) electrons. The first-order valence-electron chi connectivity index (χ1n) is 6.32. The maximum atomic E-state index is 11.9. The van der Waals surface area contributed by atoms with E-state index >= 15 is 0 Å². The van der Waals surface area contributed by atoms with Crippen LogP contribution in [0, 0.1) is 0 Å². The van der Waals surface area contributed by atoms with Crippen molar-refractivity contribution in [3.63, 3.8) is 0 Å². The van der Waals surface area contributed by atoms with Crippen molar-refractivity contribution in [1.82, 2.24) is 15.1 Å². The molecule has 1 N–H and O–H groups in total. The molecule has 1 saturated heterocycles. The summed E-state index contributed by atoms with van der Waals surface area (Å²) in [7, 11) is 0. The third kappa shape index (κ3) is 4.43. The molecule has 18 heavy (non-hydrogen) atoms. The minimum atomic E-state index is -0.298. The van der Waals surface area contributed by atoms with E-state index in [1.165, 1.54) is 0 Å². The fraction of sp³-hybridized carbons (Fsp3) is 0.833. The SMILES string of the molecule is CCOC(=O)N1CCN(C(=O)NC(C)(C)C)CC1. The molecule has 1 rings (SSSR count). The summed E-state index contributed by atoms with van der Waals surface area (Å²) in [5.74, 6) is 0. The second-order valence-electron chi connectivity index (χ2n) is 5.35. The molecule has 1 aliphatic heterocycles. The van der Waals surface area contributed by atoms with Gasteiger partial charge in [0, 0.05) is 31.7 Å². The number of rotatable bonds is 1. The molecule has 6 heteroatoms. The van der Waals surface area contributed by atoms with Crippen LogP contribution in [0.25, 0.3) is 0 Å². The number of ether oxygens (including phenoxy) is 1. The molecule has 0 aromatic heterocycles. The molecule has 6 nitrogen and oxygen atoms in total. The van der Waals surface area contributed by atoms with E-state index in [2.05, 4.69) is 5.32 Å². The van der Waals surface area contributed by atoms with E-state index in [4.69, 9.17) is 4.74 Å². The van der Waals surface area contributed by atoms with Crippen molar-refractivity contribution in [3.05, 3.63) is 0 Å². The maximum Gasteiger partial charge on any atom is 0.409 e. The number of amides is 3. The van der Waals surface area contributed by atoms with Crippen LogP contribution in [0.4, 0.5) is 9.59 Å². The number of nitrogens with one attached hydrogen (secondary N) is 1. The van der Waals surface area contributed by atoms with Gasteiger partial charge in [0.2, 0.25) is 0 Å². The van der Waals surface area contributed by atoms with Gasteiger partial charge in [-0.05, 0) is 27.7 Å². The molecule has 0 atom stereocenters. The Balaban J connectivity index is 2.39. The zero-order valence-corrected chi connectivity index (χ0v) is 11.7. The lowest BCUT2D eigenvalue weighted by Crippen LogP contribution is -2.56. The third-order valence-electron chi connectivity index (χ3n) is 2.57. The second kappa shape index (κ2) is 5.93. The van der Waals surface area contributed by atoms with E-state index in [1.807, 2.05) is 20.8 Å². The fourth-order valence-corrected chi connectivity index (χ4v) is 1.71. The van der Waals surface area contributed by atoms with Gasteiger partial charge < -0.3 is 19.9 Å². The van der Waals surface area contributed by atoms with E-state index in [1.54, 1.807) is 16.7 Å². The van der Waals surface area contributed by atoms with Gasteiger partial charge in [-0.3, -0.25) is 0 Å². The normalized spacial score (nSPS) is 16.4. The summed E-state index contributed by atoms with van der Waals surface area (Å²) in [4.78, 5) is 26.7. The molecular weight excluding hydrogens is 234 g/mol. The van der Waals surface area contributed by atoms with Crippen LogP contribution in [0.15, 0.2) is 0 Å². The van der Waals surface area contributed by atoms with E-state index in [0.29, 0.717) is 32.8 Å². The highest BCUT2D eigenvalue weighted by Crippen LogP contribution is 2.06. The highest BCUT2D eigenvalue weighted by atomic mass is 16.6. The molecule has 0 aliphatic carbocycles. The Hall–Kier alpha value is -1.46. The van der Waals surface area contributed by atoms with Gasteiger partial charge in [-0.2, -0.15) is 0 Å². The van der Waals surface area contributed by atoms with Gasteiger partial charge >= 0.3 is 12.1 Å². The Kier molecular flexibility index (Phi) is 4.81. The number of carbonyl (C=O) groups is 2. The van der Waals surface area contributed by atoms with Crippen LogP contribution in [0.5, 0.6) is 0 Å². The number of urea groups is 1. The van der Waals surface area contributed by atoms with Gasteiger partial charge in [-0.25, -0.2) is 9.59 Å². The third-order valence-corrected chi connectivity index (χ3v) is 2.57. The van der Waals surface area contributed by atoms with Crippen LogP contribution in [0.2, 0.25) is 0 Å². The average Bonchev–Trinajstić information content (AvgIpc) is 2.27. The summed E-state index contributed by atoms with van der Waals surface area (Å²) in [6, 6.07) is -0.0778. The summed E-state index contributed by atoms with van der Waals surface area (Å²) in [5, 5.41) is 2.91. The molecule has 1 fully saturated rings. The van der Waals surface area contributed by atoms with E-state index in [9.17, 15) is 9.59 Å². The van der Waals surface area contributed by atoms with Crippen LogP contribution in [-0.4, -0.2) is 60.2 Å². The van der Waals surface area contributed by atoms with Gasteiger partial charge in [0.15, 0.2) is 0 Å². The highest BCUT2D eigenvalue weighted by molar-refractivity contribution is 5.75. The first kappa shape index (κ1) is 14.6. The first-order valence-corrected chi connectivity index (χ1v) is 6.32. The molecule has 104 valence electrons. The molecular formula is C12H23N3O3. The van der Waals surface area contributed by atoms with Gasteiger partial charge in [-0.15, -0.1) is 0 Å². The van der Waals surface area contributed by atoms with Crippen molar-refractivity contribution in [2.45, 2.75) is 33.2 Å². The lowest BCUT2D eigenvalue weighted by molar-refractivity contribution is 0.0842. The van der Waals surface area contributed by atoms with E-state index in [-0.39, 0.29) is 17.7 Å². The summed E-state index contributed by atoms with van der Waals surface area (Å²) in [6.45, 7) is 10.1. The molecule has 0 saturated carbocycles. The van der Waals surface area contributed by atoms with Crippen molar-refractivity contribution >= 4 is 12.1 Å². The zero-order valence-electron chi connectivity index (χ0n) is 11.7. The summed E-state index contributed by atoms with van der Waals surface area (Å²) in [5.41, 5.74) is -0.241. The monoisotopic (exact) mass is 257 g/mol. The lowest BCUT2D eigenvalue weighted by atomic mass is 10.1. The number of piperazine rings is 1. The first-order chi connectivity index (χ1) is 8.33. The van der Waals surface area contributed by atoms with Crippen molar-refractivity contribution in [2.75, 3.05) is 32.8 Å². The van der Waals surface area contributed by atoms with Crippen molar-refractivity contribution < 1.29 is 14.3 Å². The zero-order chi connectivity index (χ0) is 13.8. The van der Waals surface area contributed by atoms with Crippen LogP contribution < -0.4 is 5.32 Å². The summed E-state index contributed by atoms with van der Waals surface area (Å²) < 4.78 is 4.93. The summed E-state index contributed by atoms with van der Waals surface area (Å²) >= 11 is 0. The van der Waals surface area contributed by atoms with Crippen LogP contribution in [0.3, 0.4) is 0 Å². The topological polar surface area (TPSA) is 61.9 Å². The predicted octanol–water partition coefficient (Wildman–Crippen LogP) is 1.27. The molecule has 1 heterocycles. The van der Waals surface area contributed by atoms with E-state index in [0.717, 1.165) is 0 Å². The Morgan fingerprint density at radius 3 is 2.06 bits per heavy atom. The molecule has 0 aromatic carbocycles. The molecule has 0 unspecified atom stereocenters. The standard InChI is InChI=1S/C12H23N3O3/c1-5-18-11(17)15-8-6-14(7-9-15)10(16)13-12(2,3)4/h5-9H2,1-4H3,(H,13,16). The largest absolute Gasteiger partial charge is 0.450 e. The Labute approximate surface area is 108 Å². The number of hydrogen-bond donors (Lipinski definition) is 1. The second-order valence-corrected chi connectivity index (χ2v) is 5.35. The van der Waals surface area contributed by atoms with Gasteiger partial charge in [0.05, 0.1) is 6.61 Å². The minimum Gasteiger partial charge on any atom is -0.450 e. The Bertz CT molecular complexity index is 304.